The number of carbonyl (C=O) groups excluding carboxylic acids is 7. The molecule has 0 unspecified atom stereocenters. The van der Waals surface area contributed by atoms with Gasteiger partial charge in [0.05, 0.1) is 6.04 Å². The lowest BCUT2D eigenvalue weighted by atomic mass is 10.0. The Bertz CT molecular complexity index is 1740. The van der Waals surface area contributed by atoms with Gasteiger partial charge in [-0.25, -0.2) is 4.79 Å². The lowest BCUT2D eigenvalue weighted by Gasteiger charge is -2.27. The van der Waals surface area contributed by atoms with Crippen molar-refractivity contribution in [1.29, 1.82) is 0 Å². The third-order valence-electron chi connectivity index (χ3n) is 8.96. The molecule has 0 aliphatic rings. The van der Waals surface area contributed by atoms with E-state index in [1.807, 2.05) is 0 Å². The summed E-state index contributed by atoms with van der Waals surface area (Å²) in [6, 6.07) is -9.56. The number of thiol groups is 2. The number of rotatable bonds is 34. The maximum atomic E-state index is 14.1. The Kier molecular flexibility index (Phi) is 29.8. The first kappa shape index (κ1) is 59.5. The zero-order valence-electron chi connectivity index (χ0n) is 36.5. The van der Waals surface area contributed by atoms with Gasteiger partial charge >= 0.3 is 5.97 Å². The van der Waals surface area contributed by atoms with Crippen molar-refractivity contribution in [2.45, 2.75) is 107 Å². The van der Waals surface area contributed by atoms with Crippen molar-refractivity contribution in [3.8, 4) is 0 Å². The van der Waals surface area contributed by atoms with Crippen molar-refractivity contribution in [3.63, 3.8) is 0 Å². The number of amides is 7. The van der Waals surface area contributed by atoms with Gasteiger partial charge in [-0.05, 0) is 57.8 Å². The van der Waals surface area contributed by atoms with Crippen molar-refractivity contribution in [3.05, 3.63) is 0 Å². The van der Waals surface area contributed by atoms with Crippen LogP contribution in [0.25, 0.3) is 0 Å². The molecule has 374 valence electrons. The topological polar surface area (TPSA) is 539 Å². The summed E-state index contributed by atoms with van der Waals surface area (Å²) in [5, 5.41) is 24.7. The van der Waals surface area contributed by atoms with E-state index in [9.17, 15) is 43.5 Å². The average molecular weight is 977 g/mol. The third kappa shape index (κ3) is 27.0. The molecular formula is C35H68N20O9S2. The van der Waals surface area contributed by atoms with Crippen LogP contribution in [-0.2, 0) is 38.4 Å². The number of nitrogens with two attached hydrogens (primary N) is 10. The number of guanidine groups is 4. The van der Waals surface area contributed by atoms with E-state index in [-0.39, 0.29) is 126 Å². The highest BCUT2D eigenvalue weighted by molar-refractivity contribution is 7.80. The Morgan fingerprint density at radius 1 is 0.409 bits per heavy atom. The van der Waals surface area contributed by atoms with Crippen molar-refractivity contribution in [2.75, 3.05) is 37.7 Å². The van der Waals surface area contributed by atoms with Gasteiger partial charge in [0.2, 0.25) is 41.4 Å². The largest absolute Gasteiger partial charge is 0.480 e. The van der Waals surface area contributed by atoms with E-state index in [2.05, 4.69) is 77.1 Å². The van der Waals surface area contributed by atoms with Crippen LogP contribution >= 0.6 is 25.3 Å². The van der Waals surface area contributed by atoms with Gasteiger partial charge < -0.3 is 94.3 Å². The molecule has 0 rings (SSSR count). The molecule has 0 aromatic heterocycles. The second-order valence-electron chi connectivity index (χ2n) is 14.5. The molecule has 27 N–H and O–H groups in total. The van der Waals surface area contributed by atoms with E-state index in [4.69, 9.17) is 57.3 Å². The summed E-state index contributed by atoms with van der Waals surface area (Å²) in [5.41, 5.74) is 54.3. The predicted molar refractivity (Wildman–Crippen MR) is 253 cm³/mol. The molecule has 0 spiro atoms. The summed E-state index contributed by atoms with van der Waals surface area (Å²) in [4.78, 5) is 120. The van der Waals surface area contributed by atoms with E-state index >= 15 is 0 Å². The molecule has 0 radical (unpaired) electrons. The van der Waals surface area contributed by atoms with Gasteiger partial charge in [-0.2, -0.15) is 25.3 Å². The van der Waals surface area contributed by atoms with Gasteiger partial charge in [-0.1, -0.05) is 0 Å². The highest BCUT2D eigenvalue weighted by Gasteiger charge is 2.33. The first-order chi connectivity index (χ1) is 31.0. The molecule has 31 heteroatoms. The minimum absolute atomic E-state index is 0.00796. The fourth-order valence-corrected chi connectivity index (χ4v) is 5.97. The van der Waals surface area contributed by atoms with Crippen molar-refractivity contribution < 1.29 is 43.5 Å². The van der Waals surface area contributed by atoms with Crippen LogP contribution in [0.1, 0.15) is 64.2 Å². The van der Waals surface area contributed by atoms with Gasteiger partial charge in [0.1, 0.15) is 36.3 Å². The highest BCUT2D eigenvalue weighted by Crippen LogP contribution is 2.09. The van der Waals surface area contributed by atoms with E-state index in [1.54, 1.807) is 0 Å². The lowest BCUT2D eigenvalue weighted by Crippen LogP contribution is -2.60. The standard InChI is InChI=1S/C35H68N20O9S2/c36-17(15-65)25(57)50-21(9-10-24(37)56)29(61)55-23(16-66)30(62)53-19(6-2-12-47-33(40)41)27(59)51-18(5-1-11-46-32(38)39)26(58)52-20(7-3-13-48-34(42)43)28(60)54-22(31(63)64)8-4-14-49-35(44)45/h17-23,65-66H,1-16,36H2,(H2,37,56)(H,50,57)(H,51,59)(H,52,58)(H,53,62)(H,54,60)(H,55,61)(H,63,64)(H4,38,39,46)(H4,40,41,47)(H4,42,43,48)(H4,44,45,49)/t17-,18-,19-,20-,21-,22-,23-/m0/s1. The molecule has 0 fully saturated rings. The number of nitrogens with zero attached hydrogens (tertiary/aromatic N) is 4. The summed E-state index contributed by atoms with van der Waals surface area (Å²) in [6.45, 7) is 0.124. The first-order valence-electron chi connectivity index (χ1n) is 20.5. The van der Waals surface area contributed by atoms with Crippen molar-refractivity contribution in [2.24, 2.45) is 77.3 Å². The quantitative estimate of drug-likeness (QED) is 0.0123. The van der Waals surface area contributed by atoms with Crippen LogP contribution < -0.4 is 89.2 Å². The SMILES string of the molecule is NC(=O)CC[C@H](NC(=O)[C@@H](N)CS)C(=O)N[C@@H](CS)C(=O)N[C@@H](CCCN=C(N)N)C(=O)N[C@@H](CCCN=C(N)N)C(=O)N[C@@H](CCCN=C(N)N)C(=O)N[C@@H](CCCN=C(N)N)C(=O)O. The molecule has 0 aliphatic heterocycles. The van der Waals surface area contributed by atoms with Crippen LogP contribution in [0, 0.1) is 0 Å². The number of nitrogens with one attached hydrogen (secondary N) is 6. The van der Waals surface area contributed by atoms with Crippen LogP contribution in [0.5, 0.6) is 0 Å². The Balaban J connectivity index is 6.72. The van der Waals surface area contributed by atoms with Crippen molar-refractivity contribution >= 4 is 96.4 Å². The number of aliphatic carboxylic acids is 1. The summed E-state index contributed by atoms with van der Waals surface area (Å²) in [6.07, 6.45) is -0.486. The number of carboxylic acid groups (broad SMARTS) is 1. The number of aliphatic imine (C=N–C) groups is 4. The normalized spacial score (nSPS) is 13.8. The van der Waals surface area contributed by atoms with Gasteiger partial charge in [-0.3, -0.25) is 53.5 Å². The second-order valence-corrected chi connectivity index (χ2v) is 15.2. The number of primary amides is 1. The predicted octanol–water partition coefficient (Wildman–Crippen LogP) is -8.35. The summed E-state index contributed by atoms with van der Waals surface area (Å²) in [7, 11) is 0. The first-order valence-corrected chi connectivity index (χ1v) is 21.8. The summed E-state index contributed by atoms with van der Waals surface area (Å²) < 4.78 is 0. The molecule has 7 amide bonds. The minimum Gasteiger partial charge on any atom is -0.480 e. The van der Waals surface area contributed by atoms with E-state index < -0.39 is 89.6 Å². The molecule has 0 bridgehead atoms. The van der Waals surface area contributed by atoms with Gasteiger partial charge in [-0.15, -0.1) is 0 Å². The minimum atomic E-state index is -1.43. The lowest BCUT2D eigenvalue weighted by molar-refractivity contribution is -0.142. The molecular weight excluding hydrogens is 909 g/mol. The molecule has 7 atom stereocenters. The zero-order chi connectivity index (χ0) is 50.4. The van der Waals surface area contributed by atoms with Crippen molar-refractivity contribution in [1.82, 2.24) is 31.9 Å². The fourth-order valence-electron chi connectivity index (χ4n) is 5.55. The fraction of sp³-hybridized carbons (Fsp3) is 0.657. The number of hydrogen-bond donors (Lipinski definition) is 19. The Hall–Kier alpha value is -6.50. The van der Waals surface area contributed by atoms with Crippen LogP contribution in [0.15, 0.2) is 20.0 Å². The number of hydrogen-bond acceptors (Lipinski definition) is 15. The van der Waals surface area contributed by atoms with Crippen LogP contribution in [-0.4, -0.2) is 156 Å². The van der Waals surface area contributed by atoms with Crippen LogP contribution in [0.2, 0.25) is 0 Å². The van der Waals surface area contributed by atoms with Gasteiger partial charge in [0.25, 0.3) is 0 Å². The highest BCUT2D eigenvalue weighted by atomic mass is 32.1. The van der Waals surface area contributed by atoms with E-state index in [0.29, 0.717) is 0 Å². The Labute approximate surface area is 392 Å². The zero-order valence-corrected chi connectivity index (χ0v) is 38.3. The van der Waals surface area contributed by atoms with Crippen LogP contribution in [0.3, 0.4) is 0 Å². The Morgan fingerprint density at radius 3 is 0.970 bits per heavy atom. The molecule has 0 saturated heterocycles. The molecule has 66 heavy (non-hydrogen) atoms. The van der Waals surface area contributed by atoms with Gasteiger partial charge in [0.15, 0.2) is 23.8 Å². The number of carbonyl (C=O) groups is 8. The average Bonchev–Trinajstić information content (AvgIpc) is 3.24. The monoisotopic (exact) mass is 976 g/mol. The number of carboxylic acids is 1. The summed E-state index contributed by atoms with van der Waals surface area (Å²) >= 11 is 8.15. The molecule has 0 aliphatic carbocycles. The molecule has 0 saturated carbocycles. The van der Waals surface area contributed by atoms with Gasteiger partial charge in [0, 0.05) is 44.1 Å². The molecule has 29 nitrogen and oxygen atoms in total. The maximum absolute atomic E-state index is 14.1. The van der Waals surface area contributed by atoms with Crippen LogP contribution in [0.4, 0.5) is 0 Å². The van der Waals surface area contributed by atoms with E-state index in [0.717, 1.165) is 0 Å². The molecule has 0 aromatic carbocycles. The Morgan fingerprint density at radius 2 is 0.682 bits per heavy atom. The smallest absolute Gasteiger partial charge is 0.326 e. The summed E-state index contributed by atoms with van der Waals surface area (Å²) in [5.74, 6) is -8.79. The third-order valence-corrected chi connectivity index (χ3v) is 9.71. The molecule has 0 aromatic rings. The van der Waals surface area contributed by atoms with E-state index in [1.165, 1.54) is 0 Å². The maximum Gasteiger partial charge on any atom is 0.326 e. The molecule has 0 heterocycles. The second kappa shape index (κ2) is 33.0.